The molecule has 0 amide bonds. The molecule has 0 aromatic carbocycles. The van der Waals surface area contributed by atoms with Crippen molar-refractivity contribution in [2.24, 2.45) is 5.92 Å². The molecule has 4 heteroatoms. The first-order valence-corrected chi connectivity index (χ1v) is 6.07. The fourth-order valence-electron chi connectivity index (χ4n) is 2.22. The first-order chi connectivity index (χ1) is 8.29. The molecule has 1 aliphatic heterocycles. The molecule has 17 heavy (non-hydrogen) atoms. The number of aromatic nitrogens is 1. The number of nitriles is 1. The standard InChI is InChI=1S/C13H18N4/c1-17(10-11-4-6-15-7-5-11)13-3-2-12(8-14)9-16-13/h2-3,9,11,15H,4-7,10H2,1H3. The van der Waals surface area contributed by atoms with Gasteiger partial charge in [-0.15, -0.1) is 0 Å². The topological polar surface area (TPSA) is 52.0 Å². The molecule has 90 valence electrons. The van der Waals surface area contributed by atoms with Crippen molar-refractivity contribution in [3.8, 4) is 6.07 Å². The minimum atomic E-state index is 0.615. The number of pyridine rings is 1. The quantitative estimate of drug-likeness (QED) is 0.852. The van der Waals surface area contributed by atoms with Gasteiger partial charge in [0.25, 0.3) is 0 Å². The number of nitrogens with one attached hydrogen (secondary N) is 1. The minimum absolute atomic E-state index is 0.615. The van der Waals surface area contributed by atoms with E-state index in [4.69, 9.17) is 5.26 Å². The summed E-state index contributed by atoms with van der Waals surface area (Å²) in [6, 6.07) is 5.82. The molecular formula is C13H18N4. The van der Waals surface area contributed by atoms with Gasteiger partial charge in [0.15, 0.2) is 0 Å². The highest BCUT2D eigenvalue weighted by molar-refractivity contribution is 5.41. The van der Waals surface area contributed by atoms with Crippen LogP contribution in [0.25, 0.3) is 0 Å². The van der Waals surface area contributed by atoms with E-state index in [1.807, 2.05) is 12.1 Å². The van der Waals surface area contributed by atoms with Crippen molar-refractivity contribution in [3.05, 3.63) is 23.9 Å². The molecule has 2 heterocycles. The Morgan fingerprint density at radius 2 is 2.24 bits per heavy atom. The van der Waals surface area contributed by atoms with Gasteiger partial charge in [-0.25, -0.2) is 4.98 Å². The van der Waals surface area contributed by atoms with E-state index in [1.54, 1.807) is 6.20 Å². The second-order valence-corrected chi connectivity index (χ2v) is 4.59. The molecule has 0 aliphatic carbocycles. The smallest absolute Gasteiger partial charge is 0.128 e. The summed E-state index contributed by atoms with van der Waals surface area (Å²) in [5, 5.41) is 12.1. The van der Waals surface area contributed by atoms with Gasteiger partial charge in [0.1, 0.15) is 11.9 Å². The Bertz CT molecular complexity index is 387. The summed E-state index contributed by atoms with van der Waals surface area (Å²) in [5.41, 5.74) is 0.615. The van der Waals surface area contributed by atoms with Crippen molar-refractivity contribution in [2.75, 3.05) is 31.6 Å². The molecule has 0 unspecified atom stereocenters. The normalized spacial score (nSPS) is 16.5. The summed E-state index contributed by atoms with van der Waals surface area (Å²) >= 11 is 0. The van der Waals surface area contributed by atoms with Crippen LogP contribution in [0.1, 0.15) is 18.4 Å². The van der Waals surface area contributed by atoms with Gasteiger partial charge >= 0.3 is 0 Å². The van der Waals surface area contributed by atoms with Crippen molar-refractivity contribution in [1.82, 2.24) is 10.3 Å². The molecule has 1 fully saturated rings. The largest absolute Gasteiger partial charge is 0.359 e. The first-order valence-electron chi connectivity index (χ1n) is 6.07. The number of nitrogens with zero attached hydrogens (tertiary/aromatic N) is 3. The van der Waals surface area contributed by atoms with Gasteiger partial charge in [-0.1, -0.05) is 0 Å². The third-order valence-electron chi connectivity index (χ3n) is 3.26. The van der Waals surface area contributed by atoms with E-state index in [0.717, 1.165) is 31.4 Å². The summed E-state index contributed by atoms with van der Waals surface area (Å²) in [6.07, 6.45) is 4.11. The van der Waals surface area contributed by atoms with Gasteiger partial charge in [0, 0.05) is 19.8 Å². The highest BCUT2D eigenvalue weighted by Crippen LogP contribution is 2.16. The van der Waals surface area contributed by atoms with E-state index in [2.05, 4.69) is 28.3 Å². The molecule has 0 saturated carbocycles. The Morgan fingerprint density at radius 1 is 1.47 bits per heavy atom. The lowest BCUT2D eigenvalue weighted by Gasteiger charge is -2.28. The average molecular weight is 230 g/mol. The van der Waals surface area contributed by atoms with Crippen LogP contribution in [-0.2, 0) is 0 Å². The Balaban J connectivity index is 1.94. The Hall–Kier alpha value is -1.60. The number of anilines is 1. The van der Waals surface area contributed by atoms with Crippen molar-refractivity contribution >= 4 is 5.82 Å². The second-order valence-electron chi connectivity index (χ2n) is 4.59. The van der Waals surface area contributed by atoms with E-state index in [0.29, 0.717) is 5.56 Å². The summed E-state index contributed by atoms with van der Waals surface area (Å²) in [6.45, 7) is 3.29. The Kier molecular flexibility index (Phi) is 3.94. The highest BCUT2D eigenvalue weighted by atomic mass is 15.2. The summed E-state index contributed by atoms with van der Waals surface area (Å²) in [7, 11) is 2.07. The predicted molar refractivity (Wildman–Crippen MR) is 67.8 cm³/mol. The molecule has 0 spiro atoms. The van der Waals surface area contributed by atoms with E-state index in [-0.39, 0.29) is 0 Å². The molecule has 1 saturated heterocycles. The second kappa shape index (κ2) is 5.65. The molecule has 0 radical (unpaired) electrons. The molecule has 1 aromatic heterocycles. The van der Waals surface area contributed by atoms with Gasteiger partial charge in [-0.2, -0.15) is 5.26 Å². The van der Waals surface area contributed by atoms with Crippen LogP contribution >= 0.6 is 0 Å². The van der Waals surface area contributed by atoms with Crippen molar-refractivity contribution < 1.29 is 0 Å². The SMILES string of the molecule is CN(CC1CCNCC1)c1ccc(C#N)cn1. The Morgan fingerprint density at radius 3 is 2.82 bits per heavy atom. The number of rotatable bonds is 3. The molecule has 2 rings (SSSR count). The predicted octanol–water partition coefficient (Wildman–Crippen LogP) is 1.39. The minimum Gasteiger partial charge on any atom is -0.359 e. The van der Waals surface area contributed by atoms with Crippen molar-refractivity contribution in [3.63, 3.8) is 0 Å². The lowest BCUT2D eigenvalue weighted by atomic mass is 9.98. The maximum Gasteiger partial charge on any atom is 0.128 e. The third-order valence-corrected chi connectivity index (χ3v) is 3.26. The van der Waals surface area contributed by atoms with Crippen LogP contribution in [-0.4, -0.2) is 31.7 Å². The summed E-state index contributed by atoms with van der Waals surface area (Å²) in [5.74, 6) is 1.70. The molecule has 1 N–H and O–H groups in total. The zero-order chi connectivity index (χ0) is 12.1. The zero-order valence-corrected chi connectivity index (χ0v) is 10.2. The van der Waals surface area contributed by atoms with Crippen molar-refractivity contribution in [2.45, 2.75) is 12.8 Å². The maximum absolute atomic E-state index is 8.72. The number of piperidine rings is 1. The lowest BCUT2D eigenvalue weighted by Crippen LogP contribution is -2.34. The van der Waals surface area contributed by atoms with Crippen LogP contribution in [0, 0.1) is 17.2 Å². The van der Waals surface area contributed by atoms with Crippen molar-refractivity contribution in [1.29, 1.82) is 5.26 Å². The van der Waals surface area contributed by atoms with Gasteiger partial charge in [0.2, 0.25) is 0 Å². The fraction of sp³-hybridized carbons (Fsp3) is 0.538. The van der Waals surface area contributed by atoms with E-state index in [9.17, 15) is 0 Å². The molecule has 4 nitrogen and oxygen atoms in total. The van der Waals surface area contributed by atoms with Crippen LogP contribution in [0.3, 0.4) is 0 Å². The number of hydrogen-bond acceptors (Lipinski definition) is 4. The van der Waals surface area contributed by atoms with E-state index in [1.165, 1.54) is 12.8 Å². The third kappa shape index (κ3) is 3.18. The number of hydrogen-bond donors (Lipinski definition) is 1. The molecule has 1 aromatic rings. The van der Waals surface area contributed by atoms with E-state index < -0.39 is 0 Å². The molecule has 0 atom stereocenters. The summed E-state index contributed by atoms with van der Waals surface area (Å²) in [4.78, 5) is 6.48. The van der Waals surface area contributed by atoms with Crippen LogP contribution in [0.2, 0.25) is 0 Å². The zero-order valence-electron chi connectivity index (χ0n) is 10.2. The summed E-state index contributed by atoms with van der Waals surface area (Å²) < 4.78 is 0. The van der Waals surface area contributed by atoms with E-state index >= 15 is 0 Å². The molecule has 0 bridgehead atoms. The van der Waals surface area contributed by atoms with Gasteiger partial charge in [-0.05, 0) is 44.0 Å². The average Bonchev–Trinajstić information content (AvgIpc) is 2.40. The van der Waals surface area contributed by atoms with Gasteiger partial charge < -0.3 is 10.2 Å². The fourth-order valence-corrected chi connectivity index (χ4v) is 2.22. The van der Waals surface area contributed by atoms with Gasteiger partial charge in [0.05, 0.1) is 5.56 Å². The molecular weight excluding hydrogens is 212 g/mol. The van der Waals surface area contributed by atoms with Crippen LogP contribution in [0.15, 0.2) is 18.3 Å². The first kappa shape index (κ1) is 11.9. The maximum atomic E-state index is 8.72. The van der Waals surface area contributed by atoms with Crippen LogP contribution < -0.4 is 10.2 Å². The van der Waals surface area contributed by atoms with Crippen LogP contribution in [0.5, 0.6) is 0 Å². The molecule has 1 aliphatic rings. The monoisotopic (exact) mass is 230 g/mol. The lowest BCUT2D eigenvalue weighted by molar-refractivity contribution is 0.377. The van der Waals surface area contributed by atoms with Gasteiger partial charge in [-0.3, -0.25) is 0 Å². The van der Waals surface area contributed by atoms with Crippen LogP contribution in [0.4, 0.5) is 5.82 Å². The Labute approximate surface area is 102 Å². The highest BCUT2D eigenvalue weighted by Gasteiger charge is 2.15.